The molecule has 0 N–H and O–H groups in total. The quantitative estimate of drug-likeness (QED) is 0.263. The fourth-order valence-corrected chi connectivity index (χ4v) is 4.59. The molecule has 3 heterocycles. The van der Waals surface area contributed by atoms with Gasteiger partial charge in [0.1, 0.15) is 16.2 Å². The highest BCUT2D eigenvalue weighted by Crippen LogP contribution is 2.37. The fourth-order valence-electron chi connectivity index (χ4n) is 2.96. The third-order valence-corrected chi connectivity index (χ3v) is 6.32. The highest BCUT2D eigenvalue weighted by atomic mass is 35.5. The number of alkyl halides is 1. The second-order valence-electron chi connectivity index (χ2n) is 6.40. The second-order valence-corrected chi connectivity index (χ2v) is 8.18. The number of pyridine rings is 1. The minimum absolute atomic E-state index is 0.407. The van der Waals surface area contributed by atoms with E-state index in [-0.39, 0.29) is 0 Å². The molecule has 3 aromatic heterocycles. The van der Waals surface area contributed by atoms with Crippen molar-refractivity contribution >= 4 is 45.3 Å². The van der Waals surface area contributed by atoms with Gasteiger partial charge in [-0.25, -0.2) is 4.98 Å². The van der Waals surface area contributed by atoms with Crippen LogP contribution in [0.5, 0.6) is 0 Å². The molecule has 28 heavy (non-hydrogen) atoms. The summed E-state index contributed by atoms with van der Waals surface area (Å²) in [6, 6.07) is 11.7. The lowest BCUT2D eigenvalue weighted by Gasteiger charge is -2.27. The van der Waals surface area contributed by atoms with Crippen molar-refractivity contribution in [3.63, 3.8) is 0 Å². The number of nitrogens with zero attached hydrogens (tertiary/aromatic N) is 5. The Bertz CT molecular complexity index is 1080. The van der Waals surface area contributed by atoms with Crippen molar-refractivity contribution < 1.29 is 0 Å². The first-order chi connectivity index (χ1) is 13.7. The zero-order chi connectivity index (χ0) is 19.5. The van der Waals surface area contributed by atoms with E-state index in [1.165, 1.54) is 11.3 Å². The number of hydrogen-bond donors (Lipinski definition) is 0. The van der Waals surface area contributed by atoms with Crippen LogP contribution in [0.4, 0.5) is 5.13 Å². The van der Waals surface area contributed by atoms with Gasteiger partial charge >= 0.3 is 0 Å². The minimum Gasteiger partial charge on any atom is -0.326 e. The molecule has 0 aliphatic carbocycles. The lowest BCUT2D eigenvalue weighted by atomic mass is 10.2. The van der Waals surface area contributed by atoms with E-state index < -0.39 is 5.50 Å². The fraction of sp³-hybridized carbons (Fsp3) is 0.250. The second kappa shape index (κ2) is 8.47. The number of rotatable bonds is 7. The zero-order valence-corrected chi connectivity index (χ0v) is 17.6. The SMILES string of the molecule is CCCCN(c1nnc(-c2ccn3ccnc3c2)s1)C(Cl)c1ccccc1Cl. The predicted octanol–water partition coefficient (Wildman–Crippen LogP) is 6.05. The molecule has 0 amide bonds. The Morgan fingerprint density at radius 2 is 2.04 bits per heavy atom. The maximum absolute atomic E-state index is 6.83. The summed E-state index contributed by atoms with van der Waals surface area (Å²) in [6.07, 6.45) is 7.73. The standard InChI is InChI=1S/C20H19Cl2N5S/c1-2-3-10-27(18(22)15-6-4-5-7-16(15)21)20-25-24-19(28-20)14-8-11-26-12-9-23-17(26)13-14/h4-9,11-13,18H,2-3,10H2,1H3. The number of unbranched alkanes of at least 4 members (excludes halogenated alkanes) is 1. The Morgan fingerprint density at radius 1 is 1.18 bits per heavy atom. The Kier molecular flexibility index (Phi) is 5.80. The molecule has 1 atom stereocenters. The van der Waals surface area contributed by atoms with Gasteiger partial charge in [0, 0.05) is 41.3 Å². The average Bonchev–Trinajstić information content (AvgIpc) is 3.37. The van der Waals surface area contributed by atoms with Crippen LogP contribution in [0.2, 0.25) is 5.02 Å². The van der Waals surface area contributed by atoms with Crippen LogP contribution in [-0.2, 0) is 0 Å². The van der Waals surface area contributed by atoms with Gasteiger partial charge in [-0.3, -0.25) is 0 Å². The van der Waals surface area contributed by atoms with Gasteiger partial charge < -0.3 is 9.30 Å². The van der Waals surface area contributed by atoms with Crippen molar-refractivity contribution in [2.24, 2.45) is 0 Å². The molecule has 144 valence electrons. The number of anilines is 1. The maximum Gasteiger partial charge on any atom is 0.210 e. The van der Waals surface area contributed by atoms with Crippen LogP contribution in [0, 0.1) is 0 Å². The predicted molar refractivity (Wildman–Crippen MR) is 116 cm³/mol. The zero-order valence-electron chi connectivity index (χ0n) is 15.3. The Hall–Kier alpha value is -2.15. The van der Waals surface area contributed by atoms with E-state index in [0.717, 1.165) is 46.3 Å². The van der Waals surface area contributed by atoms with Crippen molar-refractivity contribution in [3.05, 3.63) is 65.6 Å². The van der Waals surface area contributed by atoms with Gasteiger partial charge in [0.2, 0.25) is 5.13 Å². The van der Waals surface area contributed by atoms with E-state index in [4.69, 9.17) is 23.2 Å². The summed E-state index contributed by atoms with van der Waals surface area (Å²) >= 11 is 14.7. The smallest absolute Gasteiger partial charge is 0.210 e. The van der Waals surface area contributed by atoms with E-state index in [0.29, 0.717) is 5.02 Å². The van der Waals surface area contributed by atoms with Crippen LogP contribution in [-0.4, -0.2) is 26.1 Å². The van der Waals surface area contributed by atoms with E-state index in [1.807, 2.05) is 53.2 Å². The number of aromatic nitrogens is 4. The van der Waals surface area contributed by atoms with Gasteiger partial charge in [-0.15, -0.1) is 10.2 Å². The molecule has 0 fully saturated rings. The highest BCUT2D eigenvalue weighted by Gasteiger charge is 2.23. The molecule has 4 rings (SSSR count). The minimum atomic E-state index is -0.407. The lowest BCUT2D eigenvalue weighted by Crippen LogP contribution is -2.26. The van der Waals surface area contributed by atoms with Gasteiger partial charge in [-0.1, -0.05) is 66.1 Å². The molecule has 0 aliphatic rings. The summed E-state index contributed by atoms with van der Waals surface area (Å²) in [5, 5.41) is 11.1. The van der Waals surface area contributed by atoms with Crippen molar-refractivity contribution in [3.8, 4) is 10.6 Å². The van der Waals surface area contributed by atoms with Crippen molar-refractivity contribution in [2.75, 3.05) is 11.4 Å². The first kappa shape index (κ1) is 19.2. The van der Waals surface area contributed by atoms with E-state index in [1.54, 1.807) is 6.20 Å². The van der Waals surface area contributed by atoms with E-state index >= 15 is 0 Å². The molecule has 0 saturated carbocycles. The number of fused-ring (bicyclic) bond motifs is 1. The van der Waals surface area contributed by atoms with Gasteiger partial charge in [0.15, 0.2) is 0 Å². The summed E-state index contributed by atoms with van der Waals surface area (Å²) in [4.78, 5) is 6.41. The molecule has 5 nitrogen and oxygen atoms in total. The van der Waals surface area contributed by atoms with Crippen LogP contribution in [0.15, 0.2) is 55.0 Å². The van der Waals surface area contributed by atoms with E-state index in [9.17, 15) is 0 Å². The first-order valence-electron chi connectivity index (χ1n) is 9.09. The molecule has 8 heteroatoms. The topological polar surface area (TPSA) is 46.3 Å². The molecule has 0 aliphatic heterocycles. The Labute approximate surface area is 177 Å². The van der Waals surface area contributed by atoms with Crippen LogP contribution in [0.1, 0.15) is 30.8 Å². The first-order valence-corrected chi connectivity index (χ1v) is 10.7. The number of halogens is 2. The molecule has 1 aromatic carbocycles. The lowest BCUT2D eigenvalue weighted by molar-refractivity contribution is 0.697. The van der Waals surface area contributed by atoms with Gasteiger partial charge in [-0.05, 0) is 24.6 Å². The molecule has 1 unspecified atom stereocenters. The number of benzene rings is 1. The summed E-state index contributed by atoms with van der Waals surface area (Å²) in [6.45, 7) is 2.94. The largest absolute Gasteiger partial charge is 0.326 e. The van der Waals surface area contributed by atoms with E-state index in [2.05, 4.69) is 27.0 Å². The monoisotopic (exact) mass is 431 g/mol. The summed E-state index contributed by atoms with van der Waals surface area (Å²) in [5.41, 5.74) is 2.33. The average molecular weight is 432 g/mol. The molecular weight excluding hydrogens is 413 g/mol. The number of imidazole rings is 1. The third-order valence-electron chi connectivity index (χ3n) is 4.49. The van der Waals surface area contributed by atoms with Crippen LogP contribution in [0.3, 0.4) is 0 Å². The summed E-state index contributed by atoms with van der Waals surface area (Å²) < 4.78 is 1.96. The molecular formula is C20H19Cl2N5S. The third kappa shape index (κ3) is 3.85. The van der Waals surface area contributed by atoms with Crippen LogP contribution < -0.4 is 4.90 Å². The molecule has 0 saturated heterocycles. The Balaban J connectivity index is 1.66. The van der Waals surface area contributed by atoms with Gasteiger partial charge in [0.25, 0.3) is 0 Å². The normalized spacial score (nSPS) is 12.4. The van der Waals surface area contributed by atoms with Crippen molar-refractivity contribution in [1.29, 1.82) is 0 Å². The van der Waals surface area contributed by atoms with Crippen molar-refractivity contribution in [1.82, 2.24) is 19.6 Å². The maximum atomic E-state index is 6.83. The molecule has 4 aromatic rings. The summed E-state index contributed by atoms with van der Waals surface area (Å²) in [5.74, 6) is 0. The van der Waals surface area contributed by atoms with Crippen LogP contribution in [0.25, 0.3) is 16.2 Å². The molecule has 0 radical (unpaired) electrons. The number of hydrogen-bond acceptors (Lipinski definition) is 5. The van der Waals surface area contributed by atoms with Crippen LogP contribution >= 0.6 is 34.5 Å². The molecule has 0 bridgehead atoms. The van der Waals surface area contributed by atoms with Crippen molar-refractivity contribution in [2.45, 2.75) is 25.3 Å². The highest BCUT2D eigenvalue weighted by molar-refractivity contribution is 7.18. The van der Waals surface area contributed by atoms with Gasteiger partial charge in [0.05, 0.1) is 0 Å². The summed E-state index contributed by atoms with van der Waals surface area (Å²) in [7, 11) is 0. The Morgan fingerprint density at radius 3 is 2.86 bits per heavy atom. The molecule has 0 spiro atoms. The van der Waals surface area contributed by atoms with Gasteiger partial charge in [-0.2, -0.15) is 0 Å².